The Kier molecular flexibility index (Phi) is 5.22. The number of methoxy groups -OCH3 is 2. The van der Waals surface area contributed by atoms with Crippen molar-refractivity contribution in [2.24, 2.45) is 7.05 Å². The SMILES string of the molecule is COc1cc(/C=C/C(=O)NCc2nc3ccccc3n2C)cc(OC)c1. The normalized spacial score (nSPS) is 11.0. The number of benzene rings is 2. The molecule has 134 valence electrons. The highest BCUT2D eigenvalue weighted by Gasteiger charge is 2.07. The van der Waals surface area contributed by atoms with Crippen molar-refractivity contribution in [2.75, 3.05) is 14.2 Å². The molecule has 0 unspecified atom stereocenters. The summed E-state index contributed by atoms with van der Waals surface area (Å²) in [6.07, 6.45) is 3.20. The molecule has 0 saturated carbocycles. The van der Waals surface area contributed by atoms with Gasteiger partial charge in [0.05, 0.1) is 31.8 Å². The number of imidazole rings is 1. The molecule has 0 aliphatic rings. The minimum absolute atomic E-state index is 0.196. The highest BCUT2D eigenvalue weighted by atomic mass is 16.5. The predicted octanol–water partition coefficient (Wildman–Crippen LogP) is 2.92. The second kappa shape index (κ2) is 7.74. The first kappa shape index (κ1) is 17.5. The number of aromatic nitrogens is 2. The largest absolute Gasteiger partial charge is 0.497 e. The van der Waals surface area contributed by atoms with Crippen LogP contribution in [0.2, 0.25) is 0 Å². The number of rotatable bonds is 6. The summed E-state index contributed by atoms with van der Waals surface area (Å²) >= 11 is 0. The number of amides is 1. The molecule has 0 saturated heterocycles. The maximum Gasteiger partial charge on any atom is 0.244 e. The zero-order chi connectivity index (χ0) is 18.5. The molecule has 0 aliphatic carbocycles. The van der Waals surface area contributed by atoms with Gasteiger partial charge >= 0.3 is 0 Å². The standard InChI is InChI=1S/C20H21N3O3/c1-23-18-7-5-4-6-17(18)22-19(23)13-21-20(24)9-8-14-10-15(25-2)12-16(11-14)26-3/h4-12H,13H2,1-3H3,(H,21,24)/b9-8+. The molecule has 0 bridgehead atoms. The van der Waals surface area contributed by atoms with Crippen molar-refractivity contribution < 1.29 is 14.3 Å². The van der Waals surface area contributed by atoms with Gasteiger partial charge in [-0.1, -0.05) is 12.1 Å². The first-order valence-corrected chi connectivity index (χ1v) is 8.20. The van der Waals surface area contributed by atoms with E-state index in [1.165, 1.54) is 6.08 Å². The monoisotopic (exact) mass is 351 g/mol. The van der Waals surface area contributed by atoms with E-state index in [0.717, 1.165) is 22.4 Å². The number of carbonyl (C=O) groups excluding carboxylic acids is 1. The van der Waals surface area contributed by atoms with E-state index in [1.54, 1.807) is 26.4 Å². The molecule has 0 aliphatic heterocycles. The van der Waals surface area contributed by atoms with Crippen molar-refractivity contribution in [3.8, 4) is 11.5 Å². The van der Waals surface area contributed by atoms with Gasteiger partial charge in [0.1, 0.15) is 17.3 Å². The van der Waals surface area contributed by atoms with Crippen LogP contribution in [0.15, 0.2) is 48.5 Å². The van der Waals surface area contributed by atoms with Crippen LogP contribution in [0, 0.1) is 0 Å². The average Bonchev–Trinajstić information content (AvgIpc) is 3.00. The van der Waals surface area contributed by atoms with Gasteiger partial charge in [-0.05, 0) is 35.9 Å². The summed E-state index contributed by atoms with van der Waals surface area (Å²) in [4.78, 5) is 16.7. The molecule has 1 aromatic heterocycles. The number of carbonyl (C=O) groups is 1. The third-order valence-corrected chi connectivity index (χ3v) is 4.10. The number of nitrogens with zero attached hydrogens (tertiary/aromatic N) is 2. The van der Waals surface area contributed by atoms with Crippen LogP contribution >= 0.6 is 0 Å². The minimum atomic E-state index is -0.196. The van der Waals surface area contributed by atoms with Gasteiger partial charge in [0, 0.05) is 19.2 Å². The second-order valence-electron chi connectivity index (χ2n) is 5.77. The van der Waals surface area contributed by atoms with Crippen LogP contribution in [0.1, 0.15) is 11.4 Å². The Morgan fingerprint density at radius 2 is 1.85 bits per heavy atom. The Labute approximate surface area is 152 Å². The average molecular weight is 351 g/mol. The van der Waals surface area contributed by atoms with Crippen molar-refractivity contribution in [3.05, 3.63) is 59.9 Å². The molecule has 0 atom stereocenters. The first-order valence-electron chi connectivity index (χ1n) is 8.20. The van der Waals surface area contributed by atoms with Crippen molar-refractivity contribution in [3.63, 3.8) is 0 Å². The number of nitrogens with one attached hydrogen (secondary N) is 1. The van der Waals surface area contributed by atoms with E-state index in [1.807, 2.05) is 48.0 Å². The van der Waals surface area contributed by atoms with Crippen LogP contribution in [-0.2, 0) is 18.4 Å². The Morgan fingerprint density at radius 1 is 1.15 bits per heavy atom. The number of hydrogen-bond acceptors (Lipinski definition) is 4. The minimum Gasteiger partial charge on any atom is -0.497 e. The van der Waals surface area contributed by atoms with Crippen molar-refractivity contribution in [2.45, 2.75) is 6.54 Å². The molecule has 6 nitrogen and oxygen atoms in total. The van der Waals surface area contributed by atoms with Crippen LogP contribution in [0.5, 0.6) is 11.5 Å². The fourth-order valence-corrected chi connectivity index (χ4v) is 2.68. The smallest absolute Gasteiger partial charge is 0.244 e. The molecule has 1 amide bonds. The van der Waals surface area contributed by atoms with Crippen molar-refractivity contribution >= 4 is 23.0 Å². The second-order valence-corrected chi connectivity index (χ2v) is 5.77. The number of para-hydroxylation sites is 2. The van der Waals surface area contributed by atoms with Crippen molar-refractivity contribution in [1.82, 2.24) is 14.9 Å². The molecule has 1 N–H and O–H groups in total. The molecule has 0 spiro atoms. The van der Waals surface area contributed by atoms with E-state index < -0.39 is 0 Å². The van der Waals surface area contributed by atoms with Gasteiger partial charge in [0.25, 0.3) is 0 Å². The molecule has 3 aromatic rings. The van der Waals surface area contributed by atoms with Crippen LogP contribution in [0.25, 0.3) is 17.1 Å². The van der Waals surface area contributed by atoms with E-state index in [0.29, 0.717) is 18.0 Å². The molecule has 2 aromatic carbocycles. The molecule has 0 radical (unpaired) electrons. The molecular formula is C20H21N3O3. The number of fused-ring (bicyclic) bond motifs is 1. The summed E-state index contributed by atoms with van der Waals surface area (Å²) in [6, 6.07) is 13.3. The molecule has 3 rings (SSSR count). The fraction of sp³-hybridized carbons (Fsp3) is 0.200. The summed E-state index contributed by atoms with van der Waals surface area (Å²) in [5.41, 5.74) is 2.77. The van der Waals surface area contributed by atoms with Gasteiger partial charge in [-0.15, -0.1) is 0 Å². The Balaban J connectivity index is 1.67. The van der Waals surface area contributed by atoms with Gasteiger partial charge in [0.15, 0.2) is 0 Å². The maximum absolute atomic E-state index is 12.1. The Morgan fingerprint density at radius 3 is 2.50 bits per heavy atom. The Hall–Kier alpha value is -3.28. The summed E-state index contributed by atoms with van der Waals surface area (Å²) < 4.78 is 12.4. The number of aryl methyl sites for hydroxylation is 1. The molecule has 0 fully saturated rings. The lowest BCUT2D eigenvalue weighted by Crippen LogP contribution is -2.22. The quantitative estimate of drug-likeness (QED) is 0.694. The first-order chi connectivity index (χ1) is 12.6. The Bertz CT molecular complexity index is 938. The van der Waals surface area contributed by atoms with Gasteiger partial charge < -0.3 is 19.4 Å². The third kappa shape index (κ3) is 3.85. The van der Waals surface area contributed by atoms with Crippen LogP contribution in [0.3, 0.4) is 0 Å². The maximum atomic E-state index is 12.1. The molecule has 1 heterocycles. The zero-order valence-electron chi connectivity index (χ0n) is 15.0. The van der Waals surface area contributed by atoms with Gasteiger partial charge in [-0.25, -0.2) is 4.98 Å². The molecular weight excluding hydrogens is 330 g/mol. The lowest BCUT2D eigenvalue weighted by atomic mass is 10.2. The van der Waals surface area contributed by atoms with Crippen LogP contribution < -0.4 is 14.8 Å². The van der Waals surface area contributed by atoms with Crippen molar-refractivity contribution in [1.29, 1.82) is 0 Å². The van der Waals surface area contributed by atoms with E-state index in [4.69, 9.17) is 9.47 Å². The van der Waals surface area contributed by atoms with Gasteiger partial charge in [0.2, 0.25) is 5.91 Å². The van der Waals surface area contributed by atoms with Gasteiger partial charge in [-0.3, -0.25) is 4.79 Å². The van der Waals surface area contributed by atoms with Crippen LogP contribution in [-0.4, -0.2) is 29.7 Å². The number of hydrogen-bond donors (Lipinski definition) is 1. The highest BCUT2D eigenvalue weighted by Crippen LogP contribution is 2.23. The third-order valence-electron chi connectivity index (χ3n) is 4.10. The lowest BCUT2D eigenvalue weighted by molar-refractivity contribution is -0.116. The topological polar surface area (TPSA) is 65.4 Å². The molecule has 6 heteroatoms. The summed E-state index contributed by atoms with van der Waals surface area (Å²) in [5.74, 6) is 1.95. The summed E-state index contributed by atoms with van der Waals surface area (Å²) in [5, 5.41) is 2.86. The fourth-order valence-electron chi connectivity index (χ4n) is 2.68. The van der Waals surface area contributed by atoms with E-state index in [-0.39, 0.29) is 5.91 Å². The highest BCUT2D eigenvalue weighted by molar-refractivity contribution is 5.91. The summed E-state index contributed by atoms with van der Waals surface area (Å²) in [7, 11) is 5.12. The summed E-state index contributed by atoms with van der Waals surface area (Å²) in [6.45, 7) is 0.357. The van der Waals surface area contributed by atoms with Gasteiger partial charge in [-0.2, -0.15) is 0 Å². The van der Waals surface area contributed by atoms with E-state index >= 15 is 0 Å². The number of ether oxygens (including phenoxy) is 2. The molecule has 26 heavy (non-hydrogen) atoms. The zero-order valence-corrected chi connectivity index (χ0v) is 15.0. The predicted molar refractivity (Wildman–Crippen MR) is 101 cm³/mol. The van der Waals surface area contributed by atoms with Crippen LogP contribution in [0.4, 0.5) is 0 Å². The van der Waals surface area contributed by atoms with E-state index in [2.05, 4.69) is 10.3 Å². The lowest BCUT2D eigenvalue weighted by Gasteiger charge is -2.06. The van der Waals surface area contributed by atoms with E-state index in [9.17, 15) is 4.79 Å².